The second-order valence-corrected chi connectivity index (χ2v) is 5.75. The highest BCUT2D eigenvalue weighted by molar-refractivity contribution is 6.02. The van der Waals surface area contributed by atoms with Crippen molar-refractivity contribution >= 4 is 33.7 Å². The highest BCUT2D eigenvalue weighted by Gasteiger charge is 2.14. The van der Waals surface area contributed by atoms with Crippen molar-refractivity contribution in [1.29, 1.82) is 0 Å². The Labute approximate surface area is 144 Å². The largest absolute Gasteiger partial charge is 0.295 e. The third-order valence-electron chi connectivity index (χ3n) is 4.02. The summed E-state index contributed by atoms with van der Waals surface area (Å²) in [5.74, 6) is -0.0789. The Morgan fingerprint density at radius 3 is 2.00 bits per heavy atom. The summed E-state index contributed by atoms with van der Waals surface area (Å²) in [6.45, 7) is 3.74. The molecule has 4 aromatic rings. The lowest BCUT2D eigenvalue weighted by Gasteiger charge is -2.08. The van der Waals surface area contributed by atoms with Gasteiger partial charge in [-0.05, 0) is 26.0 Å². The van der Waals surface area contributed by atoms with Crippen LogP contribution in [0.2, 0.25) is 0 Å². The molecule has 4 rings (SSSR count). The molecule has 0 aliphatic rings. The molecule has 0 spiro atoms. The highest BCUT2D eigenvalue weighted by atomic mass is 16.2. The number of fused-ring (bicyclic) bond motifs is 2. The summed E-state index contributed by atoms with van der Waals surface area (Å²) in [5.41, 5.74) is 3.07. The summed E-state index contributed by atoms with van der Waals surface area (Å²) in [7, 11) is 0. The monoisotopic (exact) mass is 329 g/mol. The van der Waals surface area contributed by atoms with Gasteiger partial charge in [0.15, 0.2) is 0 Å². The van der Waals surface area contributed by atoms with Gasteiger partial charge in [-0.25, -0.2) is 19.9 Å². The van der Waals surface area contributed by atoms with Crippen molar-refractivity contribution in [3.8, 4) is 0 Å². The maximum atomic E-state index is 12.5. The number of benzene rings is 2. The molecule has 1 N–H and O–H groups in total. The molecule has 0 aliphatic heterocycles. The Bertz CT molecular complexity index is 1120. The molecule has 0 saturated heterocycles. The average Bonchev–Trinajstić information content (AvgIpc) is 2.62. The number of hydrogen-bond acceptors (Lipinski definition) is 5. The zero-order valence-electron chi connectivity index (χ0n) is 13.8. The molecule has 6 heteroatoms. The van der Waals surface area contributed by atoms with Crippen LogP contribution in [-0.4, -0.2) is 25.8 Å². The van der Waals surface area contributed by atoms with E-state index in [4.69, 9.17) is 0 Å². The van der Waals surface area contributed by atoms with Gasteiger partial charge < -0.3 is 0 Å². The Balaban J connectivity index is 1.70. The molecule has 122 valence electrons. The molecule has 6 nitrogen and oxygen atoms in total. The van der Waals surface area contributed by atoms with E-state index in [-0.39, 0.29) is 11.8 Å². The van der Waals surface area contributed by atoms with E-state index in [2.05, 4.69) is 25.3 Å². The second-order valence-electron chi connectivity index (χ2n) is 5.75. The Kier molecular flexibility index (Phi) is 3.57. The maximum absolute atomic E-state index is 12.5. The normalized spacial score (nSPS) is 11.0. The summed E-state index contributed by atoms with van der Waals surface area (Å²) >= 11 is 0. The topological polar surface area (TPSA) is 80.7 Å². The third kappa shape index (κ3) is 2.78. The number of amides is 1. The summed E-state index contributed by atoms with van der Waals surface area (Å²) in [6.07, 6.45) is 0. The molecule has 1 amide bonds. The maximum Gasteiger partial charge on any atom is 0.295 e. The van der Waals surface area contributed by atoms with Crippen LogP contribution in [0.4, 0.5) is 5.95 Å². The van der Waals surface area contributed by atoms with Crippen molar-refractivity contribution in [2.45, 2.75) is 13.8 Å². The fourth-order valence-corrected chi connectivity index (χ4v) is 2.79. The highest BCUT2D eigenvalue weighted by Crippen LogP contribution is 2.18. The number of para-hydroxylation sites is 2. The van der Waals surface area contributed by atoms with Gasteiger partial charge in [-0.2, -0.15) is 0 Å². The third-order valence-corrected chi connectivity index (χ3v) is 4.02. The minimum atomic E-state index is -0.427. The molecule has 0 unspecified atom stereocenters. The van der Waals surface area contributed by atoms with Gasteiger partial charge in [0.1, 0.15) is 0 Å². The van der Waals surface area contributed by atoms with Crippen molar-refractivity contribution in [2.75, 3.05) is 5.32 Å². The van der Waals surface area contributed by atoms with Crippen LogP contribution in [0.3, 0.4) is 0 Å². The standard InChI is InChI=1S/C19H15N5O/c1-11-13-7-3-5-9-15(13)22-17(20-11)18(25)24-19-21-12(2)14-8-4-6-10-16(14)23-19/h3-10H,1-2H3,(H,21,23,24,25). The van der Waals surface area contributed by atoms with Crippen LogP contribution >= 0.6 is 0 Å². The molecule has 2 heterocycles. The smallest absolute Gasteiger partial charge is 0.288 e. The molecular weight excluding hydrogens is 314 g/mol. The van der Waals surface area contributed by atoms with E-state index in [1.165, 1.54) is 0 Å². The van der Waals surface area contributed by atoms with Gasteiger partial charge in [-0.1, -0.05) is 36.4 Å². The summed E-state index contributed by atoms with van der Waals surface area (Å²) in [5, 5.41) is 4.58. The zero-order chi connectivity index (χ0) is 17.4. The minimum absolute atomic E-state index is 0.102. The molecule has 0 atom stereocenters. The van der Waals surface area contributed by atoms with Crippen LogP contribution in [0.1, 0.15) is 22.0 Å². The van der Waals surface area contributed by atoms with Crippen LogP contribution < -0.4 is 5.32 Å². The van der Waals surface area contributed by atoms with Gasteiger partial charge in [0.05, 0.1) is 16.7 Å². The van der Waals surface area contributed by atoms with E-state index in [0.717, 1.165) is 33.2 Å². The fourth-order valence-electron chi connectivity index (χ4n) is 2.79. The van der Waals surface area contributed by atoms with Crippen LogP contribution in [0.15, 0.2) is 48.5 Å². The number of carbonyl (C=O) groups excluding carboxylic acids is 1. The lowest BCUT2D eigenvalue weighted by atomic mass is 10.2. The van der Waals surface area contributed by atoms with Crippen LogP contribution in [0, 0.1) is 13.8 Å². The first-order valence-corrected chi connectivity index (χ1v) is 7.90. The van der Waals surface area contributed by atoms with Gasteiger partial charge in [0, 0.05) is 16.5 Å². The first-order valence-electron chi connectivity index (χ1n) is 7.90. The van der Waals surface area contributed by atoms with Gasteiger partial charge in [0.2, 0.25) is 11.8 Å². The van der Waals surface area contributed by atoms with Crippen LogP contribution in [-0.2, 0) is 0 Å². The SMILES string of the molecule is Cc1nc(NC(=O)c2nc(C)c3ccccc3n2)nc2ccccc12. The number of hydrogen-bond donors (Lipinski definition) is 1. The lowest BCUT2D eigenvalue weighted by Crippen LogP contribution is -2.18. The minimum Gasteiger partial charge on any atom is -0.288 e. The van der Waals surface area contributed by atoms with Crippen molar-refractivity contribution in [1.82, 2.24) is 19.9 Å². The van der Waals surface area contributed by atoms with E-state index >= 15 is 0 Å². The zero-order valence-corrected chi connectivity index (χ0v) is 13.8. The quantitative estimate of drug-likeness (QED) is 0.609. The summed E-state index contributed by atoms with van der Waals surface area (Å²) in [4.78, 5) is 29.9. The van der Waals surface area contributed by atoms with Gasteiger partial charge in [0.25, 0.3) is 5.91 Å². The van der Waals surface area contributed by atoms with E-state index in [1.54, 1.807) is 0 Å². The number of carbonyl (C=O) groups is 1. The molecule has 0 bridgehead atoms. The first kappa shape index (κ1) is 15.1. The molecule has 2 aromatic heterocycles. The van der Waals surface area contributed by atoms with Crippen molar-refractivity contribution in [2.24, 2.45) is 0 Å². The number of rotatable bonds is 2. The van der Waals surface area contributed by atoms with E-state index in [9.17, 15) is 4.79 Å². The van der Waals surface area contributed by atoms with Crippen molar-refractivity contribution < 1.29 is 4.79 Å². The van der Waals surface area contributed by atoms with Gasteiger partial charge in [-0.3, -0.25) is 10.1 Å². The summed E-state index contributed by atoms with van der Waals surface area (Å²) in [6, 6.07) is 15.3. The number of nitrogens with one attached hydrogen (secondary N) is 1. The molecule has 0 saturated carbocycles. The number of nitrogens with zero attached hydrogens (tertiary/aromatic N) is 4. The van der Waals surface area contributed by atoms with Crippen molar-refractivity contribution in [3.63, 3.8) is 0 Å². The number of anilines is 1. The van der Waals surface area contributed by atoms with Gasteiger partial charge >= 0.3 is 0 Å². The van der Waals surface area contributed by atoms with E-state index in [0.29, 0.717) is 0 Å². The average molecular weight is 329 g/mol. The molecule has 0 aliphatic carbocycles. The first-order chi connectivity index (χ1) is 12.1. The predicted octanol–water partition coefficient (Wildman–Crippen LogP) is 3.44. The summed E-state index contributed by atoms with van der Waals surface area (Å²) < 4.78 is 0. The Morgan fingerprint density at radius 2 is 1.32 bits per heavy atom. The van der Waals surface area contributed by atoms with Crippen molar-refractivity contribution in [3.05, 3.63) is 65.7 Å². The predicted molar refractivity (Wildman–Crippen MR) is 96.5 cm³/mol. The molecule has 0 radical (unpaired) electrons. The Hall–Kier alpha value is -3.41. The molecule has 0 fully saturated rings. The van der Waals surface area contributed by atoms with Crippen LogP contribution in [0.25, 0.3) is 21.8 Å². The van der Waals surface area contributed by atoms with E-state index in [1.807, 2.05) is 62.4 Å². The lowest BCUT2D eigenvalue weighted by molar-refractivity contribution is 0.101. The number of aromatic nitrogens is 4. The van der Waals surface area contributed by atoms with Crippen LogP contribution in [0.5, 0.6) is 0 Å². The molecular formula is C19H15N5O. The Morgan fingerprint density at radius 1 is 0.760 bits per heavy atom. The second kappa shape index (κ2) is 5.90. The fraction of sp³-hybridized carbons (Fsp3) is 0.105. The number of aryl methyl sites for hydroxylation is 2. The van der Waals surface area contributed by atoms with Gasteiger partial charge in [-0.15, -0.1) is 0 Å². The van der Waals surface area contributed by atoms with E-state index < -0.39 is 5.91 Å². The molecule has 25 heavy (non-hydrogen) atoms. The molecule has 2 aromatic carbocycles.